The number of nitrogens with zero attached hydrogens (tertiary/aromatic N) is 2. The lowest BCUT2D eigenvalue weighted by atomic mass is 9.81. The molecule has 7 nitrogen and oxygen atoms in total. The van der Waals surface area contributed by atoms with Gasteiger partial charge in [0.25, 0.3) is 0 Å². The molecule has 35 heavy (non-hydrogen) atoms. The van der Waals surface area contributed by atoms with Gasteiger partial charge in [-0.15, -0.1) is 0 Å². The zero-order valence-electron chi connectivity index (χ0n) is 19.9. The van der Waals surface area contributed by atoms with Gasteiger partial charge < -0.3 is 9.64 Å². The largest absolute Gasteiger partial charge is 0.426 e. The summed E-state index contributed by atoms with van der Waals surface area (Å²) in [5, 5.41) is 0. The van der Waals surface area contributed by atoms with Gasteiger partial charge in [-0.25, -0.2) is 0 Å². The van der Waals surface area contributed by atoms with Crippen LogP contribution in [0.4, 0.5) is 11.4 Å². The van der Waals surface area contributed by atoms with Crippen LogP contribution in [0.3, 0.4) is 0 Å². The molecule has 0 aromatic heterocycles. The highest BCUT2D eigenvalue weighted by Gasteiger charge is 2.61. The molecule has 5 atom stereocenters. The van der Waals surface area contributed by atoms with Crippen molar-refractivity contribution in [3.63, 3.8) is 0 Å². The van der Waals surface area contributed by atoms with E-state index in [4.69, 9.17) is 4.74 Å². The van der Waals surface area contributed by atoms with E-state index in [1.165, 1.54) is 4.90 Å². The van der Waals surface area contributed by atoms with Gasteiger partial charge in [-0.05, 0) is 80.8 Å². The third-order valence-corrected chi connectivity index (χ3v) is 8.34. The fourth-order valence-corrected chi connectivity index (χ4v) is 6.73. The van der Waals surface area contributed by atoms with Gasteiger partial charge in [0.1, 0.15) is 5.75 Å². The Labute approximate surface area is 204 Å². The number of imide groups is 1. The van der Waals surface area contributed by atoms with E-state index >= 15 is 0 Å². The summed E-state index contributed by atoms with van der Waals surface area (Å²) in [5.41, 5.74) is 3.44. The Morgan fingerprint density at radius 3 is 2.20 bits per heavy atom. The number of aryl methyl sites for hydroxylation is 2. The molecule has 2 bridgehead atoms. The van der Waals surface area contributed by atoms with Crippen LogP contribution in [0, 0.1) is 43.4 Å². The second-order valence-corrected chi connectivity index (χ2v) is 10.5. The van der Waals surface area contributed by atoms with Crippen LogP contribution in [-0.2, 0) is 19.2 Å². The number of amides is 3. The van der Waals surface area contributed by atoms with Crippen LogP contribution in [0.2, 0.25) is 0 Å². The number of hydrogen-bond donors (Lipinski definition) is 0. The number of esters is 1. The SMILES string of the molecule is Cc1ccc(N2C[C@@H](C(=O)Oc3ccc(N4C(=O)[C@@H]5[C@H]6CC[C@@H](C6)[C@@H]5C4=O)cc3)CC2=O)c(C)c1. The molecular formula is C28H28N2O5. The van der Waals surface area contributed by atoms with Crippen LogP contribution in [-0.4, -0.2) is 30.2 Å². The summed E-state index contributed by atoms with van der Waals surface area (Å²) in [6.45, 7) is 4.23. The molecule has 0 spiro atoms. The van der Waals surface area contributed by atoms with Crippen molar-refractivity contribution in [1.29, 1.82) is 0 Å². The molecule has 3 amide bonds. The smallest absolute Gasteiger partial charge is 0.316 e. The predicted octanol–water partition coefficient (Wildman–Crippen LogP) is 3.80. The third-order valence-electron chi connectivity index (χ3n) is 8.34. The molecule has 180 valence electrons. The van der Waals surface area contributed by atoms with Crippen LogP contribution in [0.25, 0.3) is 0 Å². The van der Waals surface area contributed by atoms with Crippen molar-refractivity contribution in [2.75, 3.05) is 16.3 Å². The minimum absolute atomic E-state index is 0.0899. The van der Waals surface area contributed by atoms with E-state index in [9.17, 15) is 19.2 Å². The van der Waals surface area contributed by atoms with E-state index in [1.807, 2.05) is 32.0 Å². The van der Waals surface area contributed by atoms with Crippen LogP contribution in [0.15, 0.2) is 42.5 Å². The molecule has 0 radical (unpaired) electrons. The molecule has 2 saturated heterocycles. The van der Waals surface area contributed by atoms with Crippen molar-refractivity contribution >= 4 is 35.1 Å². The maximum atomic E-state index is 13.0. The van der Waals surface area contributed by atoms with Crippen molar-refractivity contribution in [3.8, 4) is 5.75 Å². The number of ether oxygens (including phenoxy) is 1. The maximum absolute atomic E-state index is 13.0. The van der Waals surface area contributed by atoms with Gasteiger partial charge in [0.15, 0.2) is 0 Å². The fourth-order valence-electron chi connectivity index (χ4n) is 6.73. The standard InChI is InChI=1S/C28H28N2O5/c1-15-3-10-22(16(2)11-15)29-14-19(13-23(29)31)28(34)35-21-8-6-20(7-9-21)30-26(32)24-17-4-5-18(12-17)25(24)27(30)33/h3,6-11,17-19,24-25H,4-5,12-14H2,1-2H3/t17-,18-,19-,24-,25+/m0/s1. The van der Waals surface area contributed by atoms with Crippen LogP contribution in [0.1, 0.15) is 36.8 Å². The highest BCUT2D eigenvalue weighted by molar-refractivity contribution is 6.22. The molecule has 4 fully saturated rings. The van der Waals surface area contributed by atoms with E-state index in [1.54, 1.807) is 29.2 Å². The van der Waals surface area contributed by atoms with Gasteiger partial charge in [-0.2, -0.15) is 0 Å². The quantitative estimate of drug-likeness (QED) is 0.384. The lowest BCUT2D eigenvalue weighted by Gasteiger charge is -2.19. The second kappa shape index (κ2) is 8.04. The predicted molar refractivity (Wildman–Crippen MR) is 129 cm³/mol. The monoisotopic (exact) mass is 472 g/mol. The molecule has 6 rings (SSSR count). The highest BCUT2D eigenvalue weighted by Crippen LogP contribution is 2.56. The molecule has 4 aliphatic rings. The summed E-state index contributed by atoms with van der Waals surface area (Å²) >= 11 is 0. The summed E-state index contributed by atoms with van der Waals surface area (Å²) in [6, 6.07) is 12.4. The van der Waals surface area contributed by atoms with Gasteiger partial charge in [0, 0.05) is 18.7 Å². The van der Waals surface area contributed by atoms with Crippen molar-refractivity contribution in [2.45, 2.75) is 39.5 Å². The molecule has 2 aliphatic carbocycles. The summed E-state index contributed by atoms with van der Waals surface area (Å²) in [6.07, 6.45) is 3.18. The molecule has 0 unspecified atom stereocenters. The molecule has 0 N–H and O–H groups in total. The Bertz CT molecular complexity index is 1220. The average Bonchev–Trinajstić information content (AvgIpc) is 3.59. The van der Waals surface area contributed by atoms with E-state index in [0.717, 1.165) is 36.1 Å². The van der Waals surface area contributed by atoms with Gasteiger partial charge in [-0.1, -0.05) is 17.7 Å². The second-order valence-electron chi connectivity index (χ2n) is 10.5. The number of rotatable bonds is 4. The first-order valence-corrected chi connectivity index (χ1v) is 12.4. The van der Waals surface area contributed by atoms with Gasteiger partial charge >= 0.3 is 5.97 Å². The molecule has 2 saturated carbocycles. The zero-order valence-corrected chi connectivity index (χ0v) is 19.9. The first kappa shape index (κ1) is 22.0. The van der Waals surface area contributed by atoms with Crippen molar-refractivity contribution in [2.24, 2.45) is 29.6 Å². The van der Waals surface area contributed by atoms with Gasteiger partial charge in [0.05, 0.1) is 23.4 Å². The Hall–Kier alpha value is -3.48. The molecule has 7 heteroatoms. The Morgan fingerprint density at radius 1 is 0.914 bits per heavy atom. The molecule has 2 aromatic carbocycles. The summed E-state index contributed by atoms with van der Waals surface area (Å²) < 4.78 is 5.56. The highest BCUT2D eigenvalue weighted by atomic mass is 16.5. The summed E-state index contributed by atoms with van der Waals surface area (Å²) in [4.78, 5) is 54.5. The number of fused-ring (bicyclic) bond motifs is 5. The van der Waals surface area contributed by atoms with Crippen LogP contribution in [0.5, 0.6) is 5.75 Å². The van der Waals surface area contributed by atoms with Crippen LogP contribution < -0.4 is 14.5 Å². The molecule has 2 aliphatic heterocycles. The molecular weight excluding hydrogens is 444 g/mol. The van der Waals surface area contributed by atoms with E-state index in [-0.39, 0.29) is 42.5 Å². The van der Waals surface area contributed by atoms with Crippen molar-refractivity contribution in [1.82, 2.24) is 0 Å². The lowest BCUT2D eigenvalue weighted by Crippen LogP contribution is -2.32. The van der Waals surface area contributed by atoms with Crippen LogP contribution >= 0.6 is 0 Å². The topological polar surface area (TPSA) is 84.0 Å². The van der Waals surface area contributed by atoms with Crippen molar-refractivity contribution in [3.05, 3.63) is 53.6 Å². The Morgan fingerprint density at radius 2 is 1.57 bits per heavy atom. The van der Waals surface area contributed by atoms with E-state index in [0.29, 0.717) is 23.3 Å². The number of anilines is 2. The summed E-state index contributed by atoms with van der Waals surface area (Å²) in [7, 11) is 0. The number of benzene rings is 2. The first-order chi connectivity index (χ1) is 16.8. The fraction of sp³-hybridized carbons (Fsp3) is 0.429. The lowest BCUT2D eigenvalue weighted by molar-refractivity contribution is -0.139. The number of hydrogen-bond acceptors (Lipinski definition) is 5. The number of carbonyl (C=O) groups excluding carboxylic acids is 4. The normalized spacial score (nSPS) is 29.3. The Kier molecular flexibility index (Phi) is 5.06. The summed E-state index contributed by atoms with van der Waals surface area (Å²) in [5.74, 6) is -0.626. The average molecular weight is 473 g/mol. The third kappa shape index (κ3) is 3.48. The van der Waals surface area contributed by atoms with Gasteiger partial charge in [-0.3, -0.25) is 24.1 Å². The van der Waals surface area contributed by atoms with E-state index in [2.05, 4.69) is 0 Å². The molecule has 2 aromatic rings. The Balaban J connectivity index is 1.13. The minimum Gasteiger partial charge on any atom is -0.426 e. The van der Waals surface area contributed by atoms with E-state index < -0.39 is 11.9 Å². The first-order valence-electron chi connectivity index (χ1n) is 12.4. The zero-order chi connectivity index (χ0) is 24.4. The minimum atomic E-state index is -0.556. The van der Waals surface area contributed by atoms with Crippen molar-refractivity contribution < 1.29 is 23.9 Å². The molecule has 2 heterocycles. The maximum Gasteiger partial charge on any atom is 0.316 e. The van der Waals surface area contributed by atoms with Gasteiger partial charge in [0.2, 0.25) is 17.7 Å². The number of carbonyl (C=O) groups is 4.